The predicted octanol–water partition coefficient (Wildman–Crippen LogP) is 0.263. The van der Waals surface area contributed by atoms with Gasteiger partial charge in [0.05, 0.1) is 13.2 Å². The highest BCUT2D eigenvalue weighted by Crippen LogP contribution is 2.34. The van der Waals surface area contributed by atoms with Crippen LogP contribution in [0.2, 0.25) is 0 Å². The number of aliphatic hydroxyl groups is 1. The minimum absolute atomic E-state index is 0.0235. The minimum Gasteiger partial charge on any atom is -0.394 e. The molecule has 0 saturated heterocycles. The number of amides is 1. The molecule has 0 aromatic rings. The minimum atomic E-state index is -0.143. The molecule has 1 fully saturated rings. The summed E-state index contributed by atoms with van der Waals surface area (Å²) < 4.78 is 0. The van der Waals surface area contributed by atoms with Crippen molar-refractivity contribution >= 4 is 5.91 Å². The van der Waals surface area contributed by atoms with Gasteiger partial charge in [0.15, 0.2) is 0 Å². The van der Waals surface area contributed by atoms with Gasteiger partial charge in [-0.2, -0.15) is 0 Å². The zero-order chi connectivity index (χ0) is 11.3. The van der Waals surface area contributed by atoms with Crippen LogP contribution in [0.3, 0.4) is 0 Å². The highest BCUT2D eigenvalue weighted by atomic mass is 16.3. The predicted molar refractivity (Wildman–Crippen MR) is 59.5 cm³/mol. The Balaban J connectivity index is 2.04. The summed E-state index contributed by atoms with van der Waals surface area (Å²) in [6.07, 6.45) is 2.96. The van der Waals surface area contributed by atoms with Gasteiger partial charge in [-0.1, -0.05) is 13.8 Å². The fourth-order valence-electron chi connectivity index (χ4n) is 1.37. The van der Waals surface area contributed by atoms with Crippen LogP contribution >= 0.6 is 0 Å². The zero-order valence-corrected chi connectivity index (χ0v) is 9.68. The van der Waals surface area contributed by atoms with E-state index >= 15 is 0 Å². The van der Waals surface area contributed by atoms with E-state index in [1.54, 1.807) is 0 Å². The molecule has 1 amide bonds. The molecule has 0 bridgehead atoms. The second-order valence-electron chi connectivity index (χ2n) is 4.82. The molecule has 1 aliphatic carbocycles. The topological polar surface area (TPSA) is 61.4 Å². The molecule has 4 heteroatoms. The molecule has 15 heavy (non-hydrogen) atoms. The summed E-state index contributed by atoms with van der Waals surface area (Å²) in [7, 11) is 0. The van der Waals surface area contributed by atoms with E-state index in [0.717, 1.165) is 25.8 Å². The van der Waals surface area contributed by atoms with Gasteiger partial charge in [0, 0.05) is 12.1 Å². The average Bonchev–Trinajstić information content (AvgIpc) is 2.95. The Morgan fingerprint density at radius 1 is 1.47 bits per heavy atom. The molecular weight excluding hydrogens is 192 g/mol. The van der Waals surface area contributed by atoms with Gasteiger partial charge < -0.3 is 15.7 Å². The molecule has 88 valence electrons. The highest BCUT2D eigenvalue weighted by Gasteiger charge is 2.41. The molecule has 0 unspecified atom stereocenters. The van der Waals surface area contributed by atoms with Crippen LogP contribution in [0.1, 0.15) is 33.1 Å². The van der Waals surface area contributed by atoms with E-state index in [1.807, 2.05) is 0 Å². The lowest BCUT2D eigenvalue weighted by atomic mass is 10.1. The van der Waals surface area contributed by atoms with E-state index in [2.05, 4.69) is 24.5 Å². The molecule has 0 aromatic carbocycles. The smallest absolute Gasteiger partial charge is 0.233 e. The summed E-state index contributed by atoms with van der Waals surface area (Å²) in [5, 5.41) is 15.0. The molecule has 1 saturated carbocycles. The summed E-state index contributed by atoms with van der Waals surface area (Å²) >= 11 is 0. The van der Waals surface area contributed by atoms with E-state index in [-0.39, 0.29) is 18.1 Å². The van der Waals surface area contributed by atoms with Gasteiger partial charge in [0.25, 0.3) is 0 Å². The third-order valence-electron chi connectivity index (χ3n) is 2.82. The Morgan fingerprint density at radius 2 is 2.13 bits per heavy atom. The molecule has 0 aromatic heterocycles. The summed E-state index contributed by atoms with van der Waals surface area (Å²) in [5.74, 6) is 0.640. The van der Waals surface area contributed by atoms with E-state index in [4.69, 9.17) is 5.11 Å². The molecule has 1 rings (SSSR count). The average molecular weight is 214 g/mol. The van der Waals surface area contributed by atoms with Gasteiger partial charge in [-0.3, -0.25) is 4.79 Å². The van der Waals surface area contributed by atoms with Gasteiger partial charge in [0.1, 0.15) is 0 Å². The van der Waals surface area contributed by atoms with Crippen LogP contribution < -0.4 is 10.6 Å². The largest absolute Gasteiger partial charge is 0.394 e. The monoisotopic (exact) mass is 214 g/mol. The zero-order valence-electron chi connectivity index (χ0n) is 9.68. The quantitative estimate of drug-likeness (QED) is 0.570. The summed E-state index contributed by atoms with van der Waals surface area (Å²) in [4.78, 5) is 11.4. The Kier molecular flexibility index (Phi) is 4.54. The van der Waals surface area contributed by atoms with Gasteiger partial charge in [0.2, 0.25) is 5.91 Å². The number of rotatable bonds is 7. The van der Waals surface area contributed by atoms with E-state index in [0.29, 0.717) is 12.5 Å². The number of hydrogen-bond acceptors (Lipinski definition) is 3. The van der Waals surface area contributed by atoms with Crippen molar-refractivity contribution in [2.45, 2.75) is 38.6 Å². The first-order valence-corrected chi connectivity index (χ1v) is 5.70. The molecule has 0 atom stereocenters. The molecule has 0 radical (unpaired) electrons. The second kappa shape index (κ2) is 5.47. The van der Waals surface area contributed by atoms with E-state index in [1.165, 1.54) is 0 Å². The Bertz CT molecular complexity index is 213. The number of aliphatic hydroxyl groups excluding tert-OH is 1. The summed E-state index contributed by atoms with van der Waals surface area (Å²) in [6, 6.07) is 0. The maximum absolute atomic E-state index is 11.4. The number of carbonyl (C=O) groups excluding carboxylic acids is 1. The van der Waals surface area contributed by atoms with Crippen molar-refractivity contribution in [3.8, 4) is 0 Å². The van der Waals surface area contributed by atoms with Crippen molar-refractivity contribution in [1.29, 1.82) is 0 Å². The molecular formula is C11H22N2O2. The van der Waals surface area contributed by atoms with Crippen molar-refractivity contribution in [1.82, 2.24) is 10.6 Å². The van der Waals surface area contributed by atoms with Crippen LogP contribution in [0.15, 0.2) is 0 Å². The fraction of sp³-hybridized carbons (Fsp3) is 0.909. The van der Waals surface area contributed by atoms with Crippen LogP contribution in [0.5, 0.6) is 0 Å². The van der Waals surface area contributed by atoms with Gasteiger partial charge >= 0.3 is 0 Å². The van der Waals surface area contributed by atoms with Crippen molar-refractivity contribution in [2.24, 2.45) is 5.92 Å². The highest BCUT2D eigenvalue weighted by molar-refractivity contribution is 5.78. The van der Waals surface area contributed by atoms with E-state index < -0.39 is 0 Å². The third kappa shape index (κ3) is 4.62. The Hall–Kier alpha value is -0.610. The summed E-state index contributed by atoms with van der Waals surface area (Å²) in [6.45, 7) is 5.46. The molecule has 0 spiro atoms. The van der Waals surface area contributed by atoms with Crippen LogP contribution in [0.25, 0.3) is 0 Å². The van der Waals surface area contributed by atoms with Crippen molar-refractivity contribution in [3.05, 3.63) is 0 Å². The lowest BCUT2D eigenvalue weighted by Gasteiger charge is -2.14. The first kappa shape index (κ1) is 12.5. The second-order valence-corrected chi connectivity index (χ2v) is 4.82. The van der Waals surface area contributed by atoms with Crippen LogP contribution in [-0.2, 0) is 4.79 Å². The maximum atomic E-state index is 11.4. The Morgan fingerprint density at radius 3 is 2.60 bits per heavy atom. The first-order chi connectivity index (χ1) is 7.08. The number of hydrogen-bond donors (Lipinski definition) is 3. The van der Waals surface area contributed by atoms with Gasteiger partial charge in [-0.15, -0.1) is 0 Å². The van der Waals surface area contributed by atoms with E-state index in [9.17, 15) is 4.79 Å². The third-order valence-corrected chi connectivity index (χ3v) is 2.82. The molecule has 3 N–H and O–H groups in total. The standard InChI is InChI=1S/C11H22N2O2/c1-9(2)3-6-12-10(15)7-13-11(8-14)4-5-11/h9,13-14H,3-8H2,1-2H3,(H,12,15). The van der Waals surface area contributed by atoms with Gasteiger partial charge in [-0.05, 0) is 25.2 Å². The normalized spacial score (nSPS) is 17.9. The number of carbonyl (C=O) groups is 1. The summed E-state index contributed by atoms with van der Waals surface area (Å²) in [5.41, 5.74) is -0.143. The van der Waals surface area contributed by atoms with Crippen molar-refractivity contribution in [3.63, 3.8) is 0 Å². The molecule has 0 aliphatic heterocycles. The maximum Gasteiger partial charge on any atom is 0.233 e. The fourth-order valence-corrected chi connectivity index (χ4v) is 1.37. The molecule has 0 heterocycles. The van der Waals surface area contributed by atoms with Crippen LogP contribution in [0.4, 0.5) is 0 Å². The molecule has 1 aliphatic rings. The van der Waals surface area contributed by atoms with Crippen LogP contribution in [-0.4, -0.2) is 36.2 Å². The number of nitrogens with one attached hydrogen (secondary N) is 2. The lowest BCUT2D eigenvalue weighted by molar-refractivity contribution is -0.120. The van der Waals surface area contributed by atoms with Crippen molar-refractivity contribution in [2.75, 3.05) is 19.7 Å². The lowest BCUT2D eigenvalue weighted by Crippen LogP contribution is -2.42. The Labute approximate surface area is 91.4 Å². The van der Waals surface area contributed by atoms with Crippen molar-refractivity contribution < 1.29 is 9.90 Å². The molecule has 4 nitrogen and oxygen atoms in total. The van der Waals surface area contributed by atoms with Crippen LogP contribution in [0, 0.1) is 5.92 Å². The first-order valence-electron chi connectivity index (χ1n) is 5.70. The van der Waals surface area contributed by atoms with Gasteiger partial charge in [-0.25, -0.2) is 0 Å². The SMILES string of the molecule is CC(C)CCNC(=O)CNC1(CO)CC1.